The maximum absolute atomic E-state index is 12.6. The Hall–Kier alpha value is -1.44. The van der Waals surface area contributed by atoms with Gasteiger partial charge in [-0.3, -0.25) is 4.79 Å². The molecule has 0 spiro atoms. The maximum atomic E-state index is 12.6. The van der Waals surface area contributed by atoms with Crippen LogP contribution in [0.3, 0.4) is 0 Å². The molecule has 170 valence electrons. The molecule has 3 fully saturated rings. The number of rotatable bonds is 11. The first-order chi connectivity index (χ1) is 14.6. The summed E-state index contributed by atoms with van der Waals surface area (Å²) in [4.78, 5) is 23.5. The summed E-state index contributed by atoms with van der Waals surface area (Å²) < 4.78 is 28.2. The Morgan fingerprint density at radius 3 is 2.40 bits per heavy atom. The van der Waals surface area contributed by atoms with E-state index in [1.807, 2.05) is 0 Å². The van der Waals surface area contributed by atoms with Crippen molar-refractivity contribution >= 4 is 11.9 Å². The zero-order valence-electron chi connectivity index (χ0n) is 18.1. The normalized spacial score (nSPS) is 33.1. The fourth-order valence-corrected chi connectivity index (χ4v) is 4.51. The van der Waals surface area contributed by atoms with E-state index in [1.165, 1.54) is 6.08 Å². The van der Waals surface area contributed by atoms with Gasteiger partial charge >= 0.3 is 11.9 Å². The van der Waals surface area contributed by atoms with Gasteiger partial charge in [0.2, 0.25) is 0 Å². The Labute approximate surface area is 179 Å². The minimum Gasteiger partial charge on any atom is -0.463 e. The molecule has 0 amide bonds. The van der Waals surface area contributed by atoms with Crippen LogP contribution in [0.25, 0.3) is 0 Å². The van der Waals surface area contributed by atoms with Gasteiger partial charge in [0.25, 0.3) is 0 Å². The minimum atomic E-state index is -0.361. The number of hydrogen-bond acceptors (Lipinski definition) is 7. The van der Waals surface area contributed by atoms with E-state index < -0.39 is 0 Å². The third-order valence-corrected chi connectivity index (χ3v) is 6.33. The van der Waals surface area contributed by atoms with Crippen molar-refractivity contribution in [2.45, 2.75) is 82.7 Å². The van der Waals surface area contributed by atoms with Gasteiger partial charge in [-0.15, -0.1) is 0 Å². The molecule has 2 saturated heterocycles. The molecule has 0 radical (unpaired) electrons. The number of hydrogen-bond donors (Lipinski definition) is 0. The minimum absolute atomic E-state index is 0.0407. The topological polar surface area (TPSA) is 80.3 Å². The Morgan fingerprint density at radius 1 is 0.967 bits per heavy atom. The third-order valence-electron chi connectivity index (χ3n) is 6.33. The molecule has 2 heterocycles. The van der Waals surface area contributed by atoms with Gasteiger partial charge in [0.15, 0.2) is 6.10 Å². The molecule has 0 aromatic carbocycles. The van der Waals surface area contributed by atoms with E-state index in [9.17, 15) is 9.59 Å². The molecule has 7 heteroatoms. The maximum Gasteiger partial charge on any atom is 0.330 e. The second-order valence-corrected chi connectivity index (χ2v) is 8.68. The van der Waals surface area contributed by atoms with E-state index in [-0.39, 0.29) is 42.3 Å². The van der Waals surface area contributed by atoms with Gasteiger partial charge in [-0.25, -0.2) is 4.79 Å². The molecule has 3 rings (SSSR count). The lowest BCUT2D eigenvalue weighted by molar-refractivity contribution is -0.160. The van der Waals surface area contributed by atoms with Crippen LogP contribution in [0, 0.1) is 11.8 Å². The number of esters is 2. The molecule has 2 aliphatic heterocycles. The van der Waals surface area contributed by atoms with Crippen molar-refractivity contribution in [3.63, 3.8) is 0 Å². The van der Waals surface area contributed by atoms with Crippen molar-refractivity contribution in [2.24, 2.45) is 11.8 Å². The van der Waals surface area contributed by atoms with Crippen molar-refractivity contribution in [3.8, 4) is 0 Å². The van der Waals surface area contributed by atoms with Crippen molar-refractivity contribution in [3.05, 3.63) is 12.7 Å². The van der Waals surface area contributed by atoms with Crippen molar-refractivity contribution in [1.29, 1.82) is 0 Å². The molecule has 4 atom stereocenters. The summed E-state index contributed by atoms with van der Waals surface area (Å²) in [5.74, 6) is -0.148. The number of carbonyl (C=O) groups is 2. The van der Waals surface area contributed by atoms with Crippen molar-refractivity contribution in [1.82, 2.24) is 0 Å². The Morgan fingerprint density at radius 2 is 1.67 bits per heavy atom. The standard InChI is InChI=1S/C23H36O7/c1-3-20(24)27-13-7-5-4-6-12-26-18-10-8-17(9-11-18)23(25)30-19-15-29-21-16(2)14-28-22(19)21/h3,16-19,21-22H,1,4-15H2,2H3/t16-,17?,18?,19+,21-,22-/m1/s1. The summed E-state index contributed by atoms with van der Waals surface area (Å²) in [6, 6.07) is 0. The van der Waals surface area contributed by atoms with E-state index in [1.54, 1.807) is 0 Å². The van der Waals surface area contributed by atoms with E-state index in [0.29, 0.717) is 25.7 Å². The fourth-order valence-electron chi connectivity index (χ4n) is 4.51. The summed E-state index contributed by atoms with van der Waals surface area (Å²) in [5, 5.41) is 0. The molecule has 0 aromatic rings. The number of unbranched alkanes of at least 4 members (excludes halogenated alkanes) is 3. The van der Waals surface area contributed by atoms with E-state index >= 15 is 0 Å². The predicted octanol–water partition coefficient (Wildman–Crippen LogP) is 3.20. The molecule has 30 heavy (non-hydrogen) atoms. The lowest BCUT2D eigenvalue weighted by Crippen LogP contribution is -2.36. The zero-order chi connectivity index (χ0) is 21.3. The monoisotopic (exact) mass is 424 g/mol. The average Bonchev–Trinajstić information content (AvgIpc) is 3.33. The van der Waals surface area contributed by atoms with Crippen LogP contribution in [0.5, 0.6) is 0 Å². The SMILES string of the molecule is C=CC(=O)OCCCCCCOC1CCC(C(=O)O[C@H]2CO[C@H]3[C@@H]2OC[C@H]3C)CC1. The molecular weight excluding hydrogens is 388 g/mol. The Balaban J connectivity index is 1.22. The third kappa shape index (κ3) is 6.53. The van der Waals surface area contributed by atoms with Gasteiger partial charge in [0.1, 0.15) is 6.10 Å². The summed E-state index contributed by atoms with van der Waals surface area (Å²) in [6.45, 7) is 7.79. The highest BCUT2D eigenvalue weighted by Gasteiger charge is 2.48. The molecule has 0 N–H and O–H groups in total. The average molecular weight is 425 g/mol. The van der Waals surface area contributed by atoms with E-state index in [0.717, 1.165) is 58.0 Å². The summed E-state index contributed by atoms with van der Waals surface area (Å²) in [5.41, 5.74) is 0. The van der Waals surface area contributed by atoms with Crippen LogP contribution in [-0.4, -0.2) is 62.8 Å². The van der Waals surface area contributed by atoms with Crippen molar-refractivity contribution in [2.75, 3.05) is 26.4 Å². The number of carbonyl (C=O) groups excluding carboxylic acids is 2. The Bertz CT molecular complexity index is 570. The zero-order valence-corrected chi connectivity index (χ0v) is 18.1. The summed E-state index contributed by atoms with van der Waals surface area (Å²) in [7, 11) is 0. The second-order valence-electron chi connectivity index (χ2n) is 8.68. The van der Waals surface area contributed by atoms with Gasteiger partial charge < -0.3 is 23.7 Å². The van der Waals surface area contributed by atoms with Crippen LogP contribution in [0.2, 0.25) is 0 Å². The lowest BCUT2D eigenvalue weighted by atomic mass is 9.87. The highest BCUT2D eigenvalue weighted by atomic mass is 16.6. The number of ether oxygens (including phenoxy) is 5. The fraction of sp³-hybridized carbons (Fsp3) is 0.826. The molecule has 3 aliphatic rings. The quantitative estimate of drug-likeness (QED) is 0.286. The molecule has 0 aromatic heterocycles. The molecule has 1 saturated carbocycles. The van der Waals surface area contributed by atoms with E-state index in [2.05, 4.69) is 13.5 Å². The number of fused-ring (bicyclic) bond motifs is 1. The van der Waals surface area contributed by atoms with E-state index in [4.69, 9.17) is 23.7 Å². The summed E-state index contributed by atoms with van der Waals surface area (Å²) in [6.07, 6.45) is 8.50. The second kappa shape index (κ2) is 11.8. The smallest absolute Gasteiger partial charge is 0.330 e. The first-order valence-electron chi connectivity index (χ1n) is 11.4. The van der Waals surface area contributed by atoms with Gasteiger partial charge in [-0.1, -0.05) is 19.9 Å². The molecule has 1 aliphatic carbocycles. The first-order valence-corrected chi connectivity index (χ1v) is 11.4. The molecular formula is C23H36O7. The van der Waals surface area contributed by atoms with Gasteiger partial charge in [-0.2, -0.15) is 0 Å². The van der Waals surface area contributed by atoms with Crippen LogP contribution in [0.15, 0.2) is 12.7 Å². The van der Waals surface area contributed by atoms with Crippen LogP contribution in [-0.2, 0) is 33.3 Å². The molecule has 0 unspecified atom stereocenters. The van der Waals surface area contributed by atoms with Gasteiger partial charge in [0, 0.05) is 18.6 Å². The van der Waals surface area contributed by atoms with Crippen LogP contribution < -0.4 is 0 Å². The highest BCUT2D eigenvalue weighted by Crippen LogP contribution is 2.34. The first kappa shape index (κ1) is 23.2. The lowest BCUT2D eigenvalue weighted by Gasteiger charge is -2.28. The summed E-state index contributed by atoms with van der Waals surface area (Å²) >= 11 is 0. The van der Waals surface area contributed by atoms with Crippen molar-refractivity contribution < 1.29 is 33.3 Å². The molecule has 7 nitrogen and oxygen atoms in total. The van der Waals surface area contributed by atoms with Gasteiger partial charge in [0.05, 0.1) is 37.9 Å². The van der Waals surface area contributed by atoms with Crippen LogP contribution in [0.1, 0.15) is 58.3 Å². The molecule has 0 bridgehead atoms. The van der Waals surface area contributed by atoms with Crippen LogP contribution in [0.4, 0.5) is 0 Å². The Kier molecular flexibility index (Phi) is 9.15. The largest absolute Gasteiger partial charge is 0.463 e. The highest BCUT2D eigenvalue weighted by molar-refractivity contribution is 5.81. The van der Waals surface area contributed by atoms with Gasteiger partial charge in [-0.05, 0) is 44.9 Å². The van der Waals surface area contributed by atoms with Crippen LogP contribution >= 0.6 is 0 Å². The predicted molar refractivity (Wildman–Crippen MR) is 110 cm³/mol.